The number of aromatic nitrogens is 2. The molecular weight excluding hydrogens is 430 g/mol. The van der Waals surface area contributed by atoms with Gasteiger partial charge in [0, 0.05) is 39.3 Å². The number of nitro groups is 2. The molecule has 0 amide bonds. The second kappa shape index (κ2) is 8.29. The molecule has 1 saturated heterocycles. The van der Waals surface area contributed by atoms with E-state index in [4.69, 9.17) is 0 Å². The summed E-state index contributed by atoms with van der Waals surface area (Å²) in [7, 11) is -1.06. The summed E-state index contributed by atoms with van der Waals surface area (Å²) in [6.07, 6.45) is 3.34. The normalized spacial score (nSPS) is 13.8. The summed E-state index contributed by atoms with van der Waals surface area (Å²) in [5.74, 6) is 0.752. The van der Waals surface area contributed by atoms with Gasteiger partial charge in [-0.25, -0.2) is 13.4 Å². The number of hydrogen-bond donors (Lipinski definition) is 1. The first-order chi connectivity index (χ1) is 14.5. The number of rotatable bonds is 7. The molecule has 0 bridgehead atoms. The summed E-state index contributed by atoms with van der Waals surface area (Å²) in [5, 5.41) is 22.6. The number of sulfonamides is 1. The van der Waals surface area contributed by atoms with Crippen LogP contribution in [0.4, 0.5) is 28.8 Å². The molecule has 1 aromatic heterocycles. The van der Waals surface area contributed by atoms with Gasteiger partial charge in [-0.05, 0) is 19.8 Å². The van der Waals surface area contributed by atoms with E-state index in [9.17, 15) is 28.6 Å². The molecule has 1 aliphatic heterocycles. The predicted molar refractivity (Wildman–Crippen MR) is 113 cm³/mol. The minimum Gasteiger partial charge on any atom is -0.361 e. The molecule has 1 N–H and O–H groups in total. The summed E-state index contributed by atoms with van der Waals surface area (Å²) in [6, 6.07) is 1.58. The fourth-order valence-electron chi connectivity index (χ4n) is 3.24. The summed E-state index contributed by atoms with van der Waals surface area (Å²) in [6.45, 7) is 2.79. The van der Waals surface area contributed by atoms with Crippen molar-refractivity contribution < 1.29 is 18.3 Å². The van der Waals surface area contributed by atoms with E-state index in [2.05, 4.69) is 14.7 Å². The highest BCUT2D eigenvalue weighted by Crippen LogP contribution is 2.33. The van der Waals surface area contributed by atoms with Crippen molar-refractivity contribution in [2.24, 2.45) is 0 Å². The van der Waals surface area contributed by atoms with Crippen molar-refractivity contribution in [2.75, 3.05) is 41.7 Å². The van der Waals surface area contributed by atoms with Crippen molar-refractivity contribution in [1.82, 2.24) is 9.97 Å². The van der Waals surface area contributed by atoms with Gasteiger partial charge in [-0.2, -0.15) is 4.98 Å². The minimum absolute atomic E-state index is 0.0406. The molecule has 2 heterocycles. The Morgan fingerprint density at radius 3 is 2.13 bits per heavy atom. The SMILES string of the molecule is Cc1c([N+](=O)[O-])cc(S(=O)(=O)Nc2cnc(N3CCCC3)nc2N(C)C)cc1[N+](=O)[O-]. The predicted octanol–water partition coefficient (Wildman–Crippen LogP) is 2.07. The molecule has 0 radical (unpaired) electrons. The lowest BCUT2D eigenvalue weighted by Crippen LogP contribution is -2.24. The lowest BCUT2D eigenvalue weighted by molar-refractivity contribution is -0.395. The third-order valence-electron chi connectivity index (χ3n) is 4.84. The second-order valence-electron chi connectivity index (χ2n) is 7.20. The van der Waals surface area contributed by atoms with E-state index in [1.54, 1.807) is 19.0 Å². The molecule has 1 aliphatic rings. The van der Waals surface area contributed by atoms with Gasteiger partial charge in [0.05, 0.1) is 16.0 Å². The molecule has 0 unspecified atom stereocenters. The third-order valence-corrected chi connectivity index (χ3v) is 6.19. The largest absolute Gasteiger partial charge is 0.361 e. The molecular formula is C17H21N7O6S. The van der Waals surface area contributed by atoms with E-state index in [1.165, 1.54) is 13.1 Å². The van der Waals surface area contributed by atoms with E-state index in [0.717, 1.165) is 38.1 Å². The molecule has 3 rings (SSSR count). The van der Waals surface area contributed by atoms with E-state index in [-0.39, 0.29) is 17.1 Å². The Labute approximate surface area is 178 Å². The Kier molecular flexibility index (Phi) is 5.92. The fraction of sp³-hybridized carbons (Fsp3) is 0.412. The summed E-state index contributed by atoms with van der Waals surface area (Å²) in [4.78, 5) is 32.5. The quantitative estimate of drug-likeness (QED) is 0.486. The van der Waals surface area contributed by atoms with E-state index in [1.807, 2.05) is 4.90 Å². The van der Waals surface area contributed by atoms with Crippen molar-refractivity contribution in [2.45, 2.75) is 24.7 Å². The zero-order valence-corrected chi connectivity index (χ0v) is 17.9. The van der Waals surface area contributed by atoms with Crippen LogP contribution in [0.25, 0.3) is 0 Å². The first-order valence-corrected chi connectivity index (χ1v) is 10.7. The fourth-order valence-corrected chi connectivity index (χ4v) is 4.33. The summed E-state index contributed by atoms with van der Waals surface area (Å²) >= 11 is 0. The topological polar surface area (TPSA) is 165 Å². The maximum Gasteiger partial charge on any atom is 0.280 e. The first-order valence-electron chi connectivity index (χ1n) is 9.27. The van der Waals surface area contributed by atoms with Crippen molar-refractivity contribution in [3.05, 3.63) is 44.1 Å². The van der Waals surface area contributed by atoms with Crippen molar-refractivity contribution in [1.29, 1.82) is 0 Å². The second-order valence-corrected chi connectivity index (χ2v) is 8.88. The van der Waals surface area contributed by atoms with Crippen LogP contribution >= 0.6 is 0 Å². The van der Waals surface area contributed by atoms with Gasteiger partial charge >= 0.3 is 0 Å². The molecule has 1 aromatic carbocycles. The lowest BCUT2D eigenvalue weighted by Gasteiger charge is -2.21. The van der Waals surface area contributed by atoms with Gasteiger partial charge in [0.15, 0.2) is 5.82 Å². The van der Waals surface area contributed by atoms with Crippen molar-refractivity contribution in [3.63, 3.8) is 0 Å². The highest BCUT2D eigenvalue weighted by Gasteiger charge is 2.29. The van der Waals surface area contributed by atoms with Crippen LogP contribution in [0.1, 0.15) is 18.4 Å². The standard InChI is InChI=1S/C17H21N7O6S/c1-11-14(23(25)26)8-12(9-15(11)24(27)28)31(29,30)20-13-10-18-17(19-16(13)21(2)3)22-6-4-5-7-22/h8-10,20H,4-7H2,1-3H3. The van der Waals surface area contributed by atoms with Gasteiger partial charge in [0.25, 0.3) is 21.4 Å². The van der Waals surface area contributed by atoms with Crippen LogP contribution in [0.15, 0.2) is 23.2 Å². The van der Waals surface area contributed by atoms with Gasteiger partial charge in [-0.1, -0.05) is 0 Å². The number of nitro benzene ring substituents is 2. The molecule has 31 heavy (non-hydrogen) atoms. The van der Waals surface area contributed by atoms with Gasteiger partial charge in [-0.15, -0.1) is 0 Å². The zero-order chi connectivity index (χ0) is 22.9. The first kappa shape index (κ1) is 22.1. The van der Waals surface area contributed by atoms with Crippen LogP contribution < -0.4 is 14.5 Å². The average molecular weight is 451 g/mol. The minimum atomic E-state index is -4.41. The van der Waals surface area contributed by atoms with E-state index in [0.29, 0.717) is 5.95 Å². The number of benzene rings is 1. The molecule has 0 atom stereocenters. The summed E-state index contributed by atoms with van der Waals surface area (Å²) < 4.78 is 28.2. The van der Waals surface area contributed by atoms with Gasteiger partial charge in [-0.3, -0.25) is 25.0 Å². The highest BCUT2D eigenvalue weighted by atomic mass is 32.2. The van der Waals surface area contributed by atoms with Gasteiger partial charge < -0.3 is 9.80 Å². The Bertz CT molecular complexity index is 1110. The van der Waals surface area contributed by atoms with E-state index >= 15 is 0 Å². The average Bonchev–Trinajstić information content (AvgIpc) is 3.22. The Hall–Kier alpha value is -3.55. The van der Waals surface area contributed by atoms with E-state index < -0.39 is 36.1 Å². The maximum atomic E-state index is 12.9. The Balaban J connectivity index is 2.04. The Morgan fingerprint density at radius 2 is 1.65 bits per heavy atom. The molecule has 0 saturated carbocycles. The van der Waals surface area contributed by atoms with Crippen LogP contribution in [0.5, 0.6) is 0 Å². The molecule has 13 nitrogen and oxygen atoms in total. The molecule has 0 aliphatic carbocycles. The van der Waals surface area contributed by atoms with Crippen LogP contribution in [-0.4, -0.2) is 55.4 Å². The Morgan fingerprint density at radius 1 is 1.10 bits per heavy atom. The van der Waals surface area contributed by atoms with Gasteiger partial charge in [0.2, 0.25) is 5.95 Å². The monoisotopic (exact) mass is 451 g/mol. The molecule has 2 aromatic rings. The number of anilines is 3. The molecule has 14 heteroatoms. The van der Waals surface area contributed by atoms with Crippen LogP contribution in [0.2, 0.25) is 0 Å². The smallest absolute Gasteiger partial charge is 0.280 e. The van der Waals surface area contributed by atoms with Crippen molar-refractivity contribution >= 4 is 38.9 Å². The highest BCUT2D eigenvalue weighted by molar-refractivity contribution is 7.92. The lowest BCUT2D eigenvalue weighted by atomic mass is 10.1. The third kappa shape index (κ3) is 4.47. The number of hydrogen-bond acceptors (Lipinski definition) is 10. The number of nitrogens with zero attached hydrogens (tertiary/aromatic N) is 6. The van der Waals surface area contributed by atoms with Gasteiger partial charge in [0.1, 0.15) is 16.1 Å². The van der Waals surface area contributed by atoms with Crippen LogP contribution in [-0.2, 0) is 10.0 Å². The van der Waals surface area contributed by atoms with Crippen molar-refractivity contribution in [3.8, 4) is 0 Å². The number of nitrogens with one attached hydrogen (secondary N) is 1. The van der Waals surface area contributed by atoms with Crippen LogP contribution in [0, 0.1) is 27.2 Å². The molecule has 1 fully saturated rings. The molecule has 166 valence electrons. The summed E-state index contributed by atoms with van der Waals surface area (Å²) in [5.41, 5.74) is -1.52. The maximum absolute atomic E-state index is 12.9. The zero-order valence-electron chi connectivity index (χ0n) is 17.1. The molecule has 0 spiro atoms. The van der Waals surface area contributed by atoms with Crippen LogP contribution in [0.3, 0.4) is 0 Å².